The van der Waals surface area contributed by atoms with Gasteiger partial charge in [0.25, 0.3) is 0 Å². The first-order valence-electron chi connectivity index (χ1n) is 10.5. The monoisotopic (exact) mass is 438 g/mol. The second-order valence-corrected chi connectivity index (χ2v) is 8.69. The average molecular weight is 439 g/mol. The molecule has 1 saturated carbocycles. The number of hydrogen-bond donors (Lipinski definition) is 1. The molecule has 7 nitrogen and oxygen atoms in total. The summed E-state index contributed by atoms with van der Waals surface area (Å²) >= 11 is 1.38. The highest BCUT2D eigenvalue weighted by Gasteiger charge is 2.31. The molecule has 3 aromatic rings. The topological polar surface area (TPSA) is 89.9 Å². The molecule has 0 unspecified atom stereocenters. The van der Waals surface area contributed by atoms with Crippen LogP contribution >= 0.6 is 11.8 Å². The Hall–Kier alpha value is -2.87. The first-order chi connectivity index (χ1) is 15.0. The number of thioether (sulfide) groups is 1. The summed E-state index contributed by atoms with van der Waals surface area (Å²) in [6.45, 7) is 6.30. The molecule has 0 spiro atoms. The highest BCUT2D eigenvalue weighted by molar-refractivity contribution is 7.99. The maximum Gasteiger partial charge on any atom is 0.340 e. The lowest BCUT2D eigenvalue weighted by atomic mass is 10.1. The first kappa shape index (κ1) is 21.4. The number of carbonyl (C=O) groups excluding carboxylic acids is 2. The van der Waals surface area contributed by atoms with E-state index in [0.717, 1.165) is 23.8 Å². The molecule has 0 amide bonds. The molecular formula is C23H26N4O3S. The Balaban J connectivity index is 1.51. The van der Waals surface area contributed by atoms with E-state index in [1.54, 1.807) is 20.8 Å². The number of aromatic nitrogens is 4. The van der Waals surface area contributed by atoms with Gasteiger partial charge in [-0.1, -0.05) is 42.1 Å². The summed E-state index contributed by atoms with van der Waals surface area (Å²) in [6, 6.07) is 10.2. The summed E-state index contributed by atoms with van der Waals surface area (Å²) in [5, 5.41) is 9.53. The van der Waals surface area contributed by atoms with E-state index in [0.29, 0.717) is 41.6 Å². The SMILES string of the molecule is CCOC(=O)c1c(C)[nH]c(C(=O)CSc2nnc(C3CC3)n2Cc2ccccc2)c1C. The van der Waals surface area contributed by atoms with Gasteiger partial charge in [-0.15, -0.1) is 10.2 Å². The summed E-state index contributed by atoms with van der Waals surface area (Å²) in [5.41, 5.74) is 3.34. The van der Waals surface area contributed by atoms with E-state index in [4.69, 9.17) is 4.74 Å². The van der Waals surface area contributed by atoms with Crippen molar-refractivity contribution in [1.29, 1.82) is 0 Å². The summed E-state index contributed by atoms with van der Waals surface area (Å²) in [7, 11) is 0. The molecule has 0 radical (unpaired) electrons. The van der Waals surface area contributed by atoms with Crippen molar-refractivity contribution in [3.8, 4) is 0 Å². The molecule has 1 aliphatic rings. The number of benzene rings is 1. The van der Waals surface area contributed by atoms with E-state index in [1.807, 2.05) is 18.2 Å². The number of H-pyrrole nitrogens is 1. The van der Waals surface area contributed by atoms with Crippen LogP contribution in [0.15, 0.2) is 35.5 Å². The van der Waals surface area contributed by atoms with Gasteiger partial charge < -0.3 is 14.3 Å². The van der Waals surface area contributed by atoms with Crippen LogP contribution in [0.3, 0.4) is 0 Å². The van der Waals surface area contributed by atoms with Crippen molar-refractivity contribution in [3.63, 3.8) is 0 Å². The fraction of sp³-hybridized carbons (Fsp3) is 0.391. The molecule has 0 aliphatic heterocycles. The van der Waals surface area contributed by atoms with Gasteiger partial charge >= 0.3 is 5.97 Å². The van der Waals surface area contributed by atoms with Gasteiger partial charge in [-0.2, -0.15) is 0 Å². The Kier molecular flexibility index (Phi) is 6.27. The predicted octanol–water partition coefficient (Wildman–Crippen LogP) is 4.30. The lowest BCUT2D eigenvalue weighted by molar-refractivity contribution is 0.0525. The minimum atomic E-state index is -0.405. The second-order valence-electron chi connectivity index (χ2n) is 7.74. The van der Waals surface area contributed by atoms with Crippen LogP contribution < -0.4 is 0 Å². The molecule has 0 atom stereocenters. The van der Waals surface area contributed by atoms with Crippen molar-refractivity contribution >= 4 is 23.5 Å². The quantitative estimate of drug-likeness (QED) is 0.304. The van der Waals surface area contributed by atoms with Crippen LogP contribution in [0.4, 0.5) is 0 Å². The molecule has 1 N–H and O–H groups in total. The molecule has 1 fully saturated rings. The van der Waals surface area contributed by atoms with Crippen molar-refractivity contribution in [2.24, 2.45) is 0 Å². The average Bonchev–Trinajstić information content (AvgIpc) is 3.45. The smallest absolute Gasteiger partial charge is 0.340 e. The number of ketones is 1. The van der Waals surface area contributed by atoms with E-state index in [9.17, 15) is 9.59 Å². The zero-order chi connectivity index (χ0) is 22.0. The van der Waals surface area contributed by atoms with Crippen LogP contribution in [-0.2, 0) is 11.3 Å². The van der Waals surface area contributed by atoms with Gasteiger partial charge in [0, 0.05) is 11.6 Å². The number of aromatic amines is 1. The zero-order valence-electron chi connectivity index (χ0n) is 18.0. The Morgan fingerprint density at radius 2 is 1.94 bits per heavy atom. The molecule has 1 aromatic carbocycles. The molecule has 1 aliphatic carbocycles. The summed E-state index contributed by atoms with van der Waals surface area (Å²) < 4.78 is 7.25. The van der Waals surface area contributed by atoms with E-state index < -0.39 is 5.97 Å². The van der Waals surface area contributed by atoms with Crippen molar-refractivity contribution in [2.45, 2.75) is 51.2 Å². The lowest BCUT2D eigenvalue weighted by Crippen LogP contribution is -2.10. The van der Waals surface area contributed by atoms with Gasteiger partial charge in [-0.25, -0.2) is 4.79 Å². The number of Topliss-reactive ketones (excluding diaryl/α,β-unsaturated/α-hetero) is 1. The van der Waals surface area contributed by atoms with Crippen LogP contribution in [0.1, 0.15) is 69.2 Å². The molecule has 0 bridgehead atoms. The fourth-order valence-electron chi connectivity index (χ4n) is 3.71. The Morgan fingerprint density at radius 1 is 1.19 bits per heavy atom. The van der Waals surface area contributed by atoms with Gasteiger partial charge in [0.2, 0.25) is 0 Å². The maximum absolute atomic E-state index is 12.9. The molecule has 0 saturated heterocycles. The number of esters is 1. The highest BCUT2D eigenvalue weighted by atomic mass is 32.2. The molecule has 31 heavy (non-hydrogen) atoms. The zero-order valence-corrected chi connectivity index (χ0v) is 18.8. The van der Waals surface area contributed by atoms with Crippen LogP contribution in [-0.4, -0.2) is 43.9 Å². The van der Waals surface area contributed by atoms with E-state index in [1.165, 1.54) is 17.3 Å². The largest absolute Gasteiger partial charge is 0.462 e. The van der Waals surface area contributed by atoms with Crippen LogP contribution in [0.25, 0.3) is 0 Å². The third kappa shape index (κ3) is 4.58. The minimum absolute atomic E-state index is 0.0802. The Labute approximate surface area is 185 Å². The summed E-state index contributed by atoms with van der Waals surface area (Å²) in [6.07, 6.45) is 2.27. The molecular weight excluding hydrogens is 412 g/mol. The van der Waals surface area contributed by atoms with Crippen molar-refractivity contribution in [1.82, 2.24) is 19.7 Å². The number of hydrogen-bond acceptors (Lipinski definition) is 6. The number of nitrogens with one attached hydrogen (secondary N) is 1. The predicted molar refractivity (Wildman–Crippen MR) is 119 cm³/mol. The minimum Gasteiger partial charge on any atom is -0.462 e. The summed E-state index contributed by atoms with van der Waals surface area (Å²) in [5.74, 6) is 1.18. The Morgan fingerprint density at radius 3 is 2.61 bits per heavy atom. The standard InChI is InChI=1S/C23H26N4O3S/c1-4-30-22(29)19-14(2)20(24-15(19)3)18(28)13-31-23-26-25-21(17-10-11-17)27(23)12-16-8-6-5-7-9-16/h5-9,17,24H,4,10-13H2,1-3H3. The lowest BCUT2D eigenvalue weighted by Gasteiger charge is -2.10. The van der Waals surface area contributed by atoms with Crippen molar-refractivity contribution in [3.05, 3.63) is 64.2 Å². The molecule has 8 heteroatoms. The molecule has 2 aromatic heterocycles. The molecule has 4 rings (SSSR count). The van der Waals surface area contributed by atoms with Gasteiger partial charge in [0.15, 0.2) is 10.9 Å². The Bertz CT molecular complexity index is 1100. The highest BCUT2D eigenvalue weighted by Crippen LogP contribution is 2.40. The summed E-state index contributed by atoms with van der Waals surface area (Å²) in [4.78, 5) is 28.2. The van der Waals surface area contributed by atoms with E-state index in [2.05, 4.69) is 31.9 Å². The third-order valence-electron chi connectivity index (χ3n) is 5.40. The van der Waals surface area contributed by atoms with Gasteiger partial charge in [-0.05, 0) is 44.7 Å². The first-order valence-corrected chi connectivity index (χ1v) is 11.5. The number of carbonyl (C=O) groups is 2. The number of ether oxygens (including phenoxy) is 1. The van der Waals surface area contributed by atoms with E-state index in [-0.39, 0.29) is 11.5 Å². The van der Waals surface area contributed by atoms with Crippen LogP contribution in [0.2, 0.25) is 0 Å². The molecule has 2 heterocycles. The fourth-order valence-corrected chi connectivity index (χ4v) is 4.52. The van der Waals surface area contributed by atoms with E-state index >= 15 is 0 Å². The number of aryl methyl sites for hydroxylation is 1. The van der Waals surface area contributed by atoms with Gasteiger partial charge in [-0.3, -0.25) is 4.79 Å². The molecule has 162 valence electrons. The van der Waals surface area contributed by atoms with Crippen molar-refractivity contribution < 1.29 is 14.3 Å². The number of rotatable bonds is 9. The van der Waals surface area contributed by atoms with Crippen LogP contribution in [0.5, 0.6) is 0 Å². The van der Waals surface area contributed by atoms with Gasteiger partial charge in [0.1, 0.15) is 5.82 Å². The maximum atomic E-state index is 12.9. The van der Waals surface area contributed by atoms with Gasteiger partial charge in [0.05, 0.1) is 30.2 Å². The third-order valence-corrected chi connectivity index (χ3v) is 6.37. The second kappa shape index (κ2) is 9.09. The van der Waals surface area contributed by atoms with Crippen molar-refractivity contribution in [2.75, 3.05) is 12.4 Å². The number of nitrogens with zero attached hydrogens (tertiary/aromatic N) is 3. The van der Waals surface area contributed by atoms with Crippen LogP contribution in [0, 0.1) is 13.8 Å². The normalized spacial score (nSPS) is 13.4.